The van der Waals surface area contributed by atoms with Crippen LogP contribution in [0, 0.1) is 11.7 Å². The molecule has 0 spiro atoms. The van der Waals surface area contributed by atoms with Crippen molar-refractivity contribution in [2.45, 2.75) is 13.8 Å². The molecule has 6 heteroatoms. The number of pyridine rings is 1. The van der Waals surface area contributed by atoms with Crippen LogP contribution < -0.4 is 5.32 Å². The standard InChI is InChI=1S/C18H17FN4O/c1-11(2)18(24)21-17-15(12-7-9-20-10-8-12)16(22-23-17)13-3-5-14(19)6-4-13/h3-11H,1-2H3,(H2,21,22,23,24). The van der Waals surface area contributed by atoms with Crippen molar-refractivity contribution < 1.29 is 9.18 Å². The highest BCUT2D eigenvalue weighted by Crippen LogP contribution is 2.36. The lowest BCUT2D eigenvalue weighted by molar-refractivity contribution is -0.118. The number of rotatable bonds is 4. The second-order valence-electron chi connectivity index (χ2n) is 5.71. The van der Waals surface area contributed by atoms with Crippen LogP contribution in [0.5, 0.6) is 0 Å². The summed E-state index contributed by atoms with van der Waals surface area (Å²) in [4.78, 5) is 16.1. The van der Waals surface area contributed by atoms with E-state index in [-0.39, 0.29) is 17.6 Å². The highest BCUT2D eigenvalue weighted by Gasteiger charge is 2.19. The predicted molar refractivity (Wildman–Crippen MR) is 90.7 cm³/mol. The Hall–Kier alpha value is -3.02. The van der Waals surface area contributed by atoms with E-state index in [1.165, 1.54) is 12.1 Å². The van der Waals surface area contributed by atoms with Crippen molar-refractivity contribution in [1.82, 2.24) is 15.2 Å². The summed E-state index contributed by atoms with van der Waals surface area (Å²) >= 11 is 0. The van der Waals surface area contributed by atoms with E-state index in [0.717, 1.165) is 16.7 Å². The van der Waals surface area contributed by atoms with Crippen molar-refractivity contribution in [2.24, 2.45) is 5.92 Å². The fourth-order valence-electron chi connectivity index (χ4n) is 2.32. The summed E-state index contributed by atoms with van der Waals surface area (Å²) in [7, 11) is 0. The van der Waals surface area contributed by atoms with Crippen molar-refractivity contribution in [2.75, 3.05) is 5.32 Å². The molecular weight excluding hydrogens is 307 g/mol. The molecule has 0 bridgehead atoms. The van der Waals surface area contributed by atoms with Crippen LogP contribution >= 0.6 is 0 Å². The molecule has 3 aromatic rings. The normalized spacial score (nSPS) is 10.8. The van der Waals surface area contributed by atoms with Gasteiger partial charge in [0.2, 0.25) is 5.91 Å². The van der Waals surface area contributed by atoms with E-state index < -0.39 is 0 Å². The Kier molecular flexibility index (Phi) is 4.37. The number of hydrogen-bond acceptors (Lipinski definition) is 3. The number of anilines is 1. The van der Waals surface area contributed by atoms with E-state index in [0.29, 0.717) is 11.5 Å². The van der Waals surface area contributed by atoms with E-state index in [1.807, 2.05) is 26.0 Å². The quantitative estimate of drug-likeness (QED) is 0.765. The molecule has 0 aliphatic carbocycles. The number of carbonyl (C=O) groups excluding carboxylic acids is 1. The van der Waals surface area contributed by atoms with Crippen LogP contribution in [0.4, 0.5) is 10.2 Å². The number of hydrogen-bond donors (Lipinski definition) is 2. The third-order valence-electron chi connectivity index (χ3n) is 3.63. The summed E-state index contributed by atoms with van der Waals surface area (Å²) in [6.07, 6.45) is 3.34. The number of aromatic amines is 1. The molecule has 0 radical (unpaired) electrons. The lowest BCUT2D eigenvalue weighted by Gasteiger charge is -2.09. The van der Waals surface area contributed by atoms with Gasteiger partial charge in [0.05, 0.1) is 11.3 Å². The van der Waals surface area contributed by atoms with Crippen molar-refractivity contribution in [1.29, 1.82) is 0 Å². The molecule has 2 aromatic heterocycles. The van der Waals surface area contributed by atoms with Crippen LogP contribution in [0.3, 0.4) is 0 Å². The maximum atomic E-state index is 13.2. The maximum absolute atomic E-state index is 13.2. The van der Waals surface area contributed by atoms with Gasteiger partial charge in [-0.05, 0) is 42.0 Å². The summed E-state index contributed by atoms with van der Waals surface area (Å²) < 4.78 is 13.2. The van der Waals surface area contributed by atoms with Gasteiger partial charge < -0.3 is 5.32 Å². The zero-order valence-electron chi connectivity index (χ0n) is 13.4. The molecule has 0 aliphatic rings. The molecule has 5 nitrogen and oxygen atoms in total. The topological polar surface area (TPSA) is 70.7 Å². The Bertz CT molecular complexity index is 841. The summed E-state index contributed by atoms with van der Waals surface area (Å²) in [5.74, 6) is -0.153. The van der Waals surface area contributed by atoms with Gasteiger partial charge in [0.1, 0.15) is 5.82 Å². The first-order valence-electron chi connectivity index (χ1n) is 7.62. The zero-order valence-corrected chi connectivity index (χ0v) is 13.4. The van der Waals surface area contributed by atoms with Crippen molar-refractivity contribution >= 4 is 11.7 Å². The monoisotopic (exact) mass is 324 g/mol. The molecule has 1 amide bonds. The molecule has 0 saturated carbocycles. The fraction of sp³-hybridized carbons (Fsp3) is 0.167. The van der Waals surface area contributed by atoms with Gasteiger partial charge in [-0.1, -0.05) is 13.8 Å². The lowest BCUT2D eigenvalue weighted by Crippen LogP contribution is -2.18. The minimum Gasteiger partial charge on any atom is -0.308 e. The number of amides is 1. The summed E-state index contributed by atoms with van der Waals surface area (Å²) in [6, 6.07) is 9.78. The number of benzene rings is 1. The SMILES string of the molecule is CC(C)C(=O)Nc1n[nH]c(-c2ccc(F)cc2)c1-c1ccncc1. The zero-order chi connectivity index (χ0) is 17.1. The molecule has 0 unspecified atom stereocenters. The fourth-order valence-corrected chi connectivity index (χ4v) is 2.32. The largest absolute Gasteiger partial charge is 0.308 e. The molecule has 2 N–H and O–H groups in total. The third-order valence-corrected chi connectivity index (χ3v) is 3.63. The van der Waals surface area contributed by atoms with E-state index in [4.69, 9.17) is 0 Å². The number of nitrogens with zero attached hydrogens (tertiary/aromatic N) is 2. The van der Waals surface area contributed by atoms with Crippen LogP contribution in [0.25, 0.3) is 22.4 Å². The lowest BCUT2D eigenvalue weighted by atomic mass is 10.0. The van der Waals surface area contributed by atoms with E-state index in [2.05, 4.69) is 20.5 Å². The first-order valence-corrected chi connectivity index (χ1v) is 7.62. The van der Waals surface area contributed by atoms with Crippen LogP contribution in [0.15, 0.2) is 48.8 Å². The molecule has 0 fully saturated rings. The van der Waals surface area contributed by atoms with E-state index in [9.17, 15) is 9.18 Å². The second-order valence-corrected chi connectivity index (χ2v) is 5.71. The van der Waals surface area contributed by atoms with Crippen LogP contribution in [0.1, 0.15) is 13.8 Å². The van der Waals surface area contributed by atoms with Crippen molar-refractivity contribution in [3.05, 3.63) is 54.6 Å². The first kappa shape index (κ1) is 15.9. The van der Waals surface area contributed by atoms with Gasteiger partial charge in [-0.15, -0.1) is 0 Å². The predicted octanol–water partition coefficient (Wildman–Crippen LogP) is 3.87. The Balaban J connectivity index is 2.11. The number of halogens is 1. The Morgan fingerprint density at radius 1 is 1.08 bits per heavy atom. The summed E-state index contributed by atoms with van der Waals surface area (Å²) in [6.45, 7) is 3.63. The highest BCUT2D eigenvalue weighted by atomic mass is 19.1. The number of H-pyrrole nitrogens is 1. The number of aromatic nitrogens is 3. The average Bonchev–Trinajstić information content (AvgIpc) is 2.99. The van der Waals surface area contributed by atoms with Crippen molar-refractivity contribution in [3.63, 3.8) is 0 Å². The van der Waals surface area contributed by atoms with Gasteiger partial charge >= 0.3 is 0 Å². The van der Waals surface area contributed by atoms with E-state index >= 15 is 0 Å². The second kappa shape index (κ2) is 6.62. The molecule has 1 aromatic carbocycles. The van der Waals surface area contributed by atoms with Crippen LogP contribution in [-0.4, -0.2) is 21.1 Å². The molecule has 0 atom stereocenters. The average molecular weight is 324 g/mol. The Morgan fingerprint density at radius 3 is 2.38 bits per heavy atom. The molecule has 122 valence electrons. The first-order chi connectivity index (χ1) is 11.6. The summed E-state index contributed by atoms with van der Waals surface area (Å²) in [5, 5.41) is 10.0. The third kappa shape index (κ3) is 3.17. The molecule has 0 saturated heterocycles. The Labute approximate surface area is 138 Å². The van der Waals surface area contributed by atoms with Gasteiger partial charge in [0, 0.05) is 23.9 Å². The smallest absolute Gasteiger partial charge is 0.228 e. The van der Waals surface area contributed by atoms with Crippen LogP contribution in [-0.2, 0) is 4.79 Å². The molecule has 0 aliphatic heterocycles. The van der Waals surface area contributed by atoms with Gasteiger partial charge in [0.15, 0.2) is 5.82 Å². The minimum atomic E-state index is -0.308. The number of nitrogens with one attached hydrogen (secondary N) is 2. The van der Waals surface area contributed by atoms with Crippen molar-refractivity contribution in [3.8, 4) is 22.4 Å². The molecular formula is C18H17FN4O. The minimum absolute atomic E-state index is 0.123. The summed E-state index contributed by atoms with van der Waals surface area (Å²) in [5.41, 5.74) is 3.09. The molecule has 24 heavy (non-hydrogen) atoms. The highest BCUT2D eigenvalue weighted by molar-refractivity contribution is 5.98. The molecule has 2 heterocycles. The van der Waals surface area contributed by atoms with Crippen LogP contribution in [0.2, 0.25) is 0 Å². The van der Waals surface area contributed by atoms with Gasteiger partial charge in [-0.3, -0.25) is 14.9 Å². The number of carbonyl (C=O) groups is 1. The maximum Gasteiger partial charge on any atom is 0.228 e. The Morgan fingerprint density at radius 2 is 1.75 bits per heavy atom. The van der Waals surface area contributed by atoms with Gasteiger partial charge in [0.25, 0.3) is 0 Å². The van der Waals surface area contributed by atoms with Gasteiger partial charge in [-0.2, -0.15) is 5.10 Å². The van der Waals surface area contributed by atoms with E-state index in [1.54, 1.807) is 24.5 Å². The van der Waals surface area contributed by atoms with Gasteiger partial charge in [-0.25, -0.2) is 4.39 Å². The molecule has 3 rings (SSSR count).